The number of hydrogen-bond donors (Lipinski definition) is 4. The van der Waals surface area contributed by atoms with E-state index < -0.39 is 6.23 Å². The fraction of sp³-hybridized carbons (Fsp3) is 0.577. The molecule has 180 valence electrons. The Balaban J connectivity index is 1.15. The van der Waals surface area contributed by atoms with Crippen LogP contribution in [0.5, 0.6) is 0 Å². The van der Waals surface area contributed by atoms with E-state index in [1.54, 1.807) is 0 Å². The van der Waals surface area contributed by atoms with E-state index in [0.29, 0.717) is 18.0 Å². The number of fused-ring (bicyclic) bond motifs is 4. The molecule has 0 aromatic carbocycles. The number of nitrogens with zero attached hydrogens (tertiary/aromatic N) is 4. The zero-order valence-corrected chi connectivity index (χ0v) is 19.7. The summed E-state index contributed by atoms with van der Waals surface area (Å²) in [6, 6.07) is 7.10. The van der Waals surface area contributed by atoms with Gasteiger partial charge in [0.15, 0.2) is 0 Å². The summed E-state index contributed by atoms with van der Waals surface area (Å²) in [7, 11) is 0. The maximum atomic E-state index is 10.6. The number of aliphatic hydroxyl groups is 1. The Kier molecular flexibility index (Phi) is 5.97. The predicted molar refractivity (Wildman–Crippen MR) is 132 cm³/mol. The smallest absolute Gasteiger partial charge is 0.224 e. The normalized spacial score (nSPS) is 26.4. The maximum absolute atomic E-state index is 10.6. The van der Waals surface area contributed by atoms with Gasteiger partial charge in [-0.1, -0.05) is 25.3 Å². The van der Waals surface area contributed by atoms with Gasteiger partial charge in [-0.15, -0.1) is 0 Å². The van der Waals surface area contributed by atoms with Crippen LogP contribution in [0, 0.1) is 0 Å². The minimum atomic E-state index is -0.646. The molecule has 4 N–H and O–H groups in total. The molecule has 4 heterocycles. The van der Waals surface area contributed by atoms with Crippen molar-refractivity contribution in [1.82, 2.24) is 30.2 Å². The van der Waals surface area contributed by atoms with Crippen molar-refractivity contribution in [3.63, 3.8) is 0 Å². The summed E-state index contributed by atoms with van der Waals surface area (Å²) in [5.74, 6) is 0.708. The SMILES string of the molecule is OC1NCC2(CCCCC2)n2c1cc1cnc(NC3CCC(NCc4cccnc4)CC3)nc12. The van der Waals surface area contributed by atoms with Gasteiger partial charge < -0.3 is 20.3 Å². The first-order valence-corrected chi connectivity index (χ1v) is 12.9. The van der Waals surface area contributed by atoms with Crippen molar-refractivity contribution in [2.75, 3.05) is 11.9 Å². The quantitative estimate of drug-likeness (QED) is 0.461. The lowest BCUT2D eigenvalue weighted by atomic mass is 9.80. The van der Waals surface area contributed by atoms with E-state index in [0.717, 1.165) is 68.3 Å². The predicted octanol–water partition coefficient (Wildman–Crippen LogP) is 3.59. The summed E-state index contributed by atoms with van der Waals surface area (Å²) < 4.78 is 2.34. The van der Waals surface area contributed by atoms with E-state index in [9.17, 15) is 5.11 Å². The molecule has 3 aromatic rings. The lowest BCUT2D eigenvalue weighted by Gasteiger charge is -2.44. The highest BCUT2D eigenvalue weighted by Crippen LogP contribution is 2.42. The van der Waals surface area contributed by atoms with Crippen LogP contribution in [-0.2, 0) is 12.1 Å². The van der Waals surface area contributed by atoms with E-state index >= 15 is 0 Å². The van der Waals surface area contributed by atoms with Crippen LogP contribution in [0.4, 0.5) is 5.95 Å². The topological polar surface area (TPSA) is 99.9 Å². The van der Waals surface area contributed by atoms with Gasteiger partial charge in [-0.05, 0) is 56.2 Å². The molecule has 0 saturated heterocycles. The highest BCUT2D eigenvalue weighted by molar-refractivity contribution is 5.78. The summed E-state index contributed by atoms with van der Waals surface area (Å²) >= 11 is 0. The fourth-order valence-corrected chi connectivity index (χ4v) is 6.25. The second kappa shape index (κ2) is 9.24. The van der Waals surface area contributed by atoms with E-state index in [1.165, 1.54) is 24.8 Å². The van der Waals surface area contributed by atoms with Crippen LogP contribution in [0.25, 0.3) is 11.0 Å². The van der Waals surface area contributed by atoms with Crippen molar-refractivity contribution >= 4 is 17.0 Å². The molecule has 2 fully saturated rings. The van der Waals surface area contributed by atoms with Gasteiger partial charge in [0.1, 0.15) is 11.9 Å². The van der Waals surface area contributed by atoms with Gasteiger partial charge in [-0.3, -0.25) is 10.3 Å². The summed E-state index contributed by atoms with van der Waals surface area (Å²) in [6.07, 6.45) is 15.5. The molecule has 8 nitrogen and oxygen atoms in total. The van der Waals surface area contributed by atoms with Gasteiger partial charge >= 0.3 is 0 Å². The molecule has 2 saturated carbocycles. The maximum Gasteiger partial charge on any atom is 0.224 e. The van der Waals surface area contributed by atoms with Crippen LogP contribution in [0.2, 0.25) is 0 Å². The molecule has 6 rings (SSSR count). The minimum Gasteiger partial charge on any atom is -0.373 e. The van der Waals surface area contributed by atoms with E-state index in [2.05, 4.69) is 42.6 Å². The Morgan fingerprint density at radius 3 is 2.71 bits per heavy atom. The average molecular weight is 462 g/mol. The Morgan fingerprint density at radius 2 is 1.91 bits per heavy atom. The molecule has 1 unspecified atom stereocenters. The summed E-state index contributed by atoms with van der Waals surface area (Å²) in [4.78, 5) is 13.8. The third kappa shape index (κ3) is 4.19. The summed E-state index contributed by atoms with van der Waals surface area (Å²) in [5.41, 5.74) is 3.13. The molecule has 1 spiro atoms. The molecule has 34 heavy (non-hydrogen) atoms. The van der Waals surface area contributed by atoms with Gasteiger partial charge in [0, 0.05) is 49.1 Å². The Hall–Kier alpha value is -2.55. The van der Waals surface area contributed by atoms with Crippen molar-refractivity contribution in [1.29, 1.82) is 0 Å². The lowest BCUT2D eigenvalue weighted by Crippen LogP contribution is -2.51. The van der Waals surface area contributed by atoms with Crippen LogP contribution in [-0.4, -0.2) is 43.3 Å². The molecule has 1 aliphatic heterocycles. The largest absolute Gasteiger partial charge is 0.373 e. The molecule has 0 radical (unpaired) electrons. The molecule has 2 aliphatic carbocycles. The summed E-state index contributed by atoms with van der Waals surface area (Å²) in [5, 5.41) is 22.3. The Labute approximate surface area is 200 Å². The van der Waals surface area contributed by atoms with E-state index in [-0.39, 0.29) is 5.54 Å². The molecule has 3 aliphatic rings. The fourth-order valence-electron chi connectivity index (χ4n) is 6.25. The number of hydrogen-bond acceptors (Lipinski definition) is 7. The first-order valence-electron chi connectivity index (χ1n) is 12.9. The zero-order chi connectivity index (χ0) is 23.0. The highest BCUT2D eigenvalue weighted by Gasteiger charge is 2.41. The molecule has 0 bridgehead atoms. The first kappa shape index (κ1) is 21.9. The second-order valence-electron chi connectivity index (χ2n) is 10.4. The average Bonchev–Trinajstić information content (AvgIpc) is 3.28. The minimum absolute atomic E-state index is 0.0121. The van der Waals surface area contributed by atoms with E-state index in [1.807, 2.05) is 24.7 Å². The van der Waals surface area contributed by atoms with Gasteiger partial charge in [0.25, 0.3) is 0 Å². The number of aromatic nitrogens is 4. The molecular weight excluding hydrogens is 426 g/mol. The van der Waals surface area contributed by atoms with Gasteiger partial charge in [-0.2, -0.15) is 4.98 Å². The van der Waals surface area contributed by atoms with Crippen molar-refractivity contribution in [2.24, 2.45) is 0 Å². The van der Waals surface area contributed by atoms with Crippen molar-refractivity contribution < 1.29 is 5.11 Å². The van der Waals surface area contributed by atoms with Crippen LogP contribution in [0.3, 0.4) is 0 Å². The van der Waals surface area contributed by atoms with Crippen LogP contribution in [0.15, 0.2) is 36.8 Å². The monoisotopic (exact) mass is 461 g/mol. The number of rotatable bonds is 5. The molecule has 1 atom stereocenters. The Morgan fingerprint density at radius 1 is 1.09 bits per heavy atom. The van der Waals surface area contributed by atoms with Crippen molar-refractivity contribution in [3.05, 3.63) is 48.0 Å². The Bertz CT molecular complexity index is 1120. The van der Waals surface area contributed by atoms with Gasteiger partial charge in [-0.25, -0.2) is 4.98 Å². The number of anilines is 1. The van der Waals surface area contributed by atoms with Crippen molar-refractivity contribution in [3.8, 4) is 0 Å². The third-order valence-electron chi connectivity index (χ3n) is 8.11. The third-order valence-corrected chi connectivity index (χ3v) is 8.11. The van der Waals surface area contributed by atoms with Crippen molar-refractivity contribution in [2.45, 2.75) is 88.2 Å². The van der Waals surface area contributed by atoms with Crippen LogP contribution >= 0.6 is 0 Å². The number of pyridine rings is 1. The second-order valence-corrected chi connectivity index (χ2v) is 10.4. The summed E-state index contributed by atoms with van der Waals surface area (Å²) in [6.45, 7) is 1.67. The van der Waals surface area contributed by atoms with Crippen LogP contribution in [0.1, 0.15) is 75.3 Å². The van der Waals surface area contributed by atoms with E-state index in [4.69, 9.17) is 4.98 Å². The lowest BCUT2D eigenvalue weighted by molar-refractivity contribution is 0.0581. The first-order chi connectivity index (χ1) is 16.7. The molecular formula is C26H35N7O. The van der Waals surface area contributed by atoms with Gasteiger partial charge in [0.2, 0.25) is 5.95 Å². The molecule has 0 amide bonds. The van der Waals surface area contributed by atoms with Gasteiger partial charge in [0.05, 0.1) is 11.2 Å². The standard InChI is InChI=1S/C26H35N7O/c34-24-22-13-19-16-29-25(32-23(19)33(22)26(17-30-24)10-2-1-3-11-26)31-21-8-6-20(7-9-21)28-15-18-5-4-12-27-14-18/h4-5,12-14,16,20-21,24,28,30,34H,1-3,6-11,15,17H2,(H,29,31,32). The highest BCUT2D eigenvalue weighted by atomic mass is 16.3. The number of nitrogens with one attached hydrogen (secondary N) is 3. The molecule has 8 heteroatoms. The zero-order valence-electron chi connectivity index (χ0n) is 19.7. The van der Waals surface area contributed by atoms with Crippen LogP contribution < -0.4 is 16.0 Å². The number of aliphatic hydroxyl groups excluding tert-OH is 1. The molecule has 3 aromatic heterocycles.